The summed E-state index contributed by atoms with van der Waals surface area (Å²) in [7, 11) is 0. The number of para-hydroxylation sites is 1. The van der Waals surface area contributed by atoms with Crippen LogP contribution in [0, 0.1) is 0 Å². The summed E-state index contributed by atoms with van der Waals surface area (Å²) in [6.07, 6.45) is 0. The van der Waals surface area contributed by atoms with E-state index >= 15 is 0 Å². The second kappa shape index (κ2) is 11.9. The summed E-state index contributed by atoms with van der Waals surface area (Å²) in [5, 5.41) is 11.6. The molecule has 56 heavy (non-hydrogen) atoms. The summed E-state index contributed by atoms with van der Waals surface area (Å²) in [6.45, 7) is 0. The Hall–Kier alpha value is -7.63. The standard InChI is InChI=1S/C51H30N4O/c1-2-13-32(14-3-1)49-52-50(38-23-22-31-12-4-5-15-33(31)26-38)54-51(53-49)40-24-25-43(47-39-20-10-11-21-46(39)56-48(40)47)55-44-29-36-18-8-6-16-34(36)27-41(44)42-28-35-17-7-9-19-37(35)30-45(42)55/h1-30H. The number of furan rings is 1. The summed E-state index contributed by atoms with van der Waals surface area (Å²) in [5.74, 6) is 1.76. The Morgan fingerprint density at radius 2 is 0.911 bits per heavy atom. The van der Waals surface area contributed by atoms with Crippen LogP contribution in [-0.4, -0.2) is 19.5 Å². The fraction of sp³-hybridized carbons (Fsp3) is 0. The molecule has 3 aromatic heterocycles. The molecule has 0 fully saturated rings. The molecule has 5 nitrogen and oxygen atoms in total. The molecule has 0 saturated heterocycles. The third-order valence-corrected chi connectivity index (χ3v) is 11.2. The van der Waals surface area contributed by atoms with Gasteiger partial charge in [-0.05, 0) is 80.8 Å². The van der Waals surface area contributed by atoms with Gasteiger partial charge in [-0.2, -0.15) is 0 Å². The molecule has 0 saturated carbocycles. The zero-order valence-corrected chi connectivity index (χ0v) is 30.0. The van der Waals surface area contributed by atoms with E-state index in [1.807, 2.05) is 42.5 Å². The number of nitrogens with zero attached hydrogens (tertiary/aromatic N) is 4. The van der Waals surface area contributed by atoms with Gasteiger partial charge in [-0.1, -0.05) is 133 Å². The van der Waals surface area contributed by atoms with Crippen LogP contribution in [0.3, 0.4) is 0 Å². The Kier molecular flexibility index (Phi) is 6.56. The normalized spacial score (nSPS) is 11.9. The lowest BCUT2D eigenvalue weighted by Crippen LogP contribution is -2.01. The Labute approximate surface area is 320 Å². The molecule has 0 amide bonds. The van der Waals surface area contributed by atoms with Crippen molar-refractivity contribution in [1.82, 2.24) is 19.5 Å². The molecule has 5 heteroatoms. The second-order valence-electron chi connectivity index (χ2n) is 14.4. The van der Waals surface area contributed by atoms with E-state index in [1.54, 1.807) is 0 Å². The van der Waals surface area contributed by atoms with Crippen molar-refractivity contribution in [3.63, 3.8) is 0 Å². The van der Waals surface area contributed by atoms with Crippen molar-refractivity contribution in [2.24, 2.45) is 0 Å². The van der Waals surface area contributed by atoms with Crippen LogP contribution in [0.4, 0.5) is 0 Å². The van der Waals surface area contributed by atoms with Gasteiger partial charge >= 0.3 is 0 Å². The van der Waals surface area contributed by atoms with Gasteiger partial charge < -0.3 is 8.98 Å². The number of fused-ring (bicyclic) bond motifs is 9. The predicted molar refractivity (Wildman–Crippen MR) is 230 cm³/mol. The molecule has 0 spiro atoms. The molecule has 0 unspecified atom stereocenters. The first kappa shape index (κ1) is 30.8. The van der Waals surface area contributed by atoms with Gasteiger partial charge in [0.1, 0.15) is 11.2 Å². The Morgan fingerprint density at radius 3 is 1.59 bits per heavy atom. The molecule has 0 N–H and O–H groups in total. The first-order valence-electron chi connectivity index (χ1n) is 18.8. The van der Waals surface area contributed by atoms with Crippen molar-refractivity contribution in [3.8, 4) is 39.9 Å². The highest BCUT2D eigenvalue weighted by molar-refractivity contribution is 6.20. The van der Waals surface area contributed by atoms with Crippen LogP contribution in [0.1, 0.15) is 0 Å². The maximum Gasteiger partial charge on any atom is 0.167 e. The number of hydrogen-bond acceptors (Lipinski definition) is 4. The minimum atomic E-state index is 0.553. The van der Waals surface area contributed by atoms with Gasteiger partial charge in [0, 0.05) is 27.3 Å². The maximum atomic E-state index is 6.88. The number of rotatable bonds is 4. The maximum absolute atomic E-state index is 6.88. The SMILES string of the molecule is c1ccc(-c2nc(-c3ccc4ccccc4c3)nc(-c3ccc(-n4c5cc6ccccc6cc5c5cc6ccccc6cc54)c4c3oc3ccccc34)n2)cc1. The number of aromatic nitrogens is 4. The van der Waals surface area contributed by atoms with E-state index in [0.717, 1.165) is 60.7 Å². The Balaban J connectivity index is 1.17. The molecule has 0 bridgehead atoms. The quantitative estimate of drug-likeness (QED) is 0.182. The van der Waals surface area contributed by atoms with E-state index in [0.29, 0.717) is 17.5 Å². The molecule has 12 aromatic rings. The summed E-state index contributed by atoms with van der Waals surface area (Å²) in [4.78, 5) is 15.4. The average molecular weight is 715 g/mol. The lowest BCUT2D eigenvalue weighted by molar-refractivity contribution is 0.669. The molecule has 0 atom stereocenters. The van der Waals surface area contributed by atoms with E-state index in [1.165, 1.54) is 37.7 Å². The van der Waals surface area contributed by atoms with Gasteiger partial charge in [0.25, 0.3) is 0 Å². The molecule has 260 valence electrons. The lowest BCUT2D eigenvalue weighted by atomic mass is 10.0. The Morgan fingerprint density at radius 1 is 0.375 bits per heavy atom. The van der Waals surface area contributed by atoms with Crippen molar-refractivity contribution in [2.45, 2.75) is 0 Å². The highest BCUT2D eigenvalue weighted by Gasteiger charge is 2.23. The van der Waals surface area contributed by atoms with Gasteiger partial charge in [-0.3, -0.25) is 0 Å². The van der Waals surface area contributed by atoms with Crippen molar-refractivity contribution in [1.29, 1.82) is 0 Å². The van der Waals surface area contributed by atoms with Gasteiger partial charge in [0.2, 0.25) is 0 Å². The van der Waals surface area contributed by atoms with E-state index in [9.17, 15) is 0 Å². The van der Waals surface area contributed by atoms with Crippen LogP contribution in [0.2, 0.25) is 0 Å². The third kappa shape index (κ3) is 4.71. The number of hydrogen-bond donors (Lipinski definition) is 0. The average Bonchev–Trinajstić information content (AvgIpc) is 3.80. The second-order valence-corrected chi connectivity index (χ2v) is 14.4. The topological polar surface area (TPSA) is 56.7 Å². The number of benzene rings is 9. The molecule has 0 aliphatic heterocycles. The van der Waals surface area contributed by atoms with E-state index in [-0.39, 0.29) is 0 Å². The van der Waals surface area contributed by atoms with Crippen LogP contribution in [0.5, 0.6) is 0 Å². The first-order valence-corrected chi connectivity index (χ1v) is 18.8. The van der Waals surface area contributed by atoms with Crippen molar-refractivity contribution in [2.75, 3.05) is 0 Å². The zero-order chi connectivity index (χ0) is 36.7. The highest BCUT2D eigenvalue weighted by atomic mass is 16.3. The molecule has 0 aliphatic carbocycles. The van der Waals surface area contributed by atoms with Crippen LogP contribution in [0.15, 0.2) is 186 Å². The monoisotopic (exact) mass is 714 g/mol. The minimum Gasteiger partial charge on any atom is -0.455 e. The summed E-state index contributed by atoms with van der Waals surface area (Å²) < 4.78 is 9.29. The van der Waals surface area contributed by atoms with Crippen molar-refractivity contribution in [3.05, 3.63) is 182 Å². The zero-order valence-electron chi connectivity index (χ0n) is 30.0. The first-order chi connectivity index (χ1) is 27.7. The molecular formula is C51H30N4O. The van der Waals surface area contributed by atoms with E-state index in [4.69, 9.17) is 19.4 Å². The summed E-state index contributed by atoms with van der Waals surface area (Å²) >= 11 is 0. The van der Waals surface area contributed by atoms with Gasteiger partial charge in [-0.25, -0.2) is 15.0 Å². The van der Waals surface area contributed by atoms with E-state index in [2.05, 4.69) is 144 Å². The Bertz CT molecular complexity index is 3450. The fourth-order valence-electron chi connectivity index (χ4n) is 8.49. The molecule has 0 aliphatic rings. The smallest absolute Gasteiger partial charge is 0.167 e. The molecule has 9 aromatic carbocycles. The van der Waals surface area contributed by atoms with Gasteiger partial charge in [-0.15, -0.1) is 0 Å². The van der Waals surface area contributed by atoms with Crippen molar-refractivity contribution < 1.29 is 4.42 Å². The molecule has 0 radical (unpaired) electrons. The van der Waals surface area contributed by atoms with Crippen LogP contribution in [-0.2, 0) is 0 Å². The summed E-state index contributed by atoms with van der Waals surface area (Å²) in [6, 6.07) is 64.0. The lowest BCUT2D eigenvalue weighted by Gasteiger charge is -2.13. The predicted octanol–water partition coefficient (Wildman–Crippen LogP) is 13.3. The van der Waals surface area contributed by atoms with Crippen LogP contribution >= 0.6 is 0 Å². The molecule has 12 rings (SSSR count). The largest absolute Gasteiger partial charge is 0.455 e. The van der Waals surface area contributed by atoms with Gasteiger partial charge in [0.15, 0.2) is 17.5 Å². The van der Waals surface area contributed by atoms with Crippen LogP contribution < -0.4 is 0 Å². The summed E-state index contributed by atoms with van der Waals surface area (Å²) in [5.41, 5.74) is 7.49. The van der Waals surface area contributed by atoms with Crippen molar-refractivity contribution >= 4 is 76.1 Å². The van der Waals surface area contributed by atoms with Crippen LogP contribution in [0.25, 0.3) is 116 Å². The molecular weight excluding hydrogens is 685 g/mol. The third-order valence-electron chi connectivity index (χ3n) is 11.2. The highest BCUT2D eigenvalue weighted by Crippen LogP contribution is 2.43. The van der Waals surface area contributed by atoms with E-state index < -0.39 is 0 Å². The molecule has 3 heterocycles. The van der Waals surface area contributed by atoms with Gasteiger partial charge in [0.05, 0.1) is 27.7 Å². The minimum absolute atomic E-state index is 0.553. The fourth-order valence-corrected chi connectivity index (χ4v) is 8.49.